The minimum Gasteiger partial charge on any atom is -0.352 e. The van der Waals surface area contributed by atoms with Gasteiger partial charge in [-0.05, 0) is 37.6 Å². The van der Waals surface area contributed by atoms with E-state index in [0.717, 1.165) is 10.7 Å². The highest BCUT2D eigenvalue weighted by Crippen LogP contribution is 2.21. The number of ether oxygens (including phenoxy) is 2. The van der Waals surface area contributed by atoms with Crippen LogP contribution in [0.3, 0.4) is 0 Å². The fourth-order valence-corrected chi connectivity index (χ4v) is 3.22. The van der Waals surface area contributed by atoms with Gasteiger partial charge in [0, 0.05) is 32.6 Å². The fourth-order valence-electron chi connectivity index (χ4n) is 2.32. The highest BCUT2D eigenvalue weighted by molar-refractivity contribution is 7.89. The molecule has 7 nitrogen and oxygen atoms in total. The Labute approximate surface area is 143 Å². The Morgan fingerprint density at radius 2 is 1.79 bits per heavy atom. The molecule has 24 heavy (non-hydrogen) atoms. The molecule has 1 fully saturated rings. The van der Waals surface area contributed by atoms with Gasteiger partial charge < -0.3 is 14.8 Å². The molecular weight excluding hydrogens is 332 g/mol. The van der Waals surface area contributed by atoms with Crippen molar-refractivity contribution < 1.29 is 22.7 Å². The van der Waals surface area contributed by atoms with E-state index in [1.165, 1.54) is 38.4 Å². The van der Waals surface area contributed by atoms with Crippen LogP contribution in [0.5, 0.6) is 0 Å². The zero-order chi connectivity index (χ0) is 17.8. The third kappa shape index (κ3) is 4.54. The van der Waals surface area contributed by atoms with Crippen LogP contribution >= 0.6 is 0 Å². The summed E-state index contributed by atoms with van der Waals surface area (Å²) in [6, 6.07) is 5.86. The largest absolute Gasteiger partial charge is 0.352 e. The van der Waals surface area contributed by atoms with E-state index >= 15 is 0 Å². The zero-order valence-corrected chi connectivity index (χ0v) is 15.1. The third-order valence-corrected chi connectivity index (χ3v) is 5.69. The summed E-state index contributed by atoms with van der Waals surface area (Å²) >= 11 is 0. The number of sulfonamides is 1. The van der Waals surface area contributed by atoms with Gasteiger partial charge in [-0.3, -0.25) is 4.79 Å². The quantitative estimate of drug-likeness (QED) is 0.828. The van der Waals surface area contributed by atoms with Crippen LogP contribution in [-0.2, 0) is 19.5 Å². The maximum Gasteiger partial charge on any atom is 0.251 e. The summed E-state index contributed by atoms with van der Waals surface area (Å²) in [5.41, 5.74) is 0.406. The Balaban J connectivity index is 1.91. The van der Waals surface area contributed by atoms with E-state index in [4.69, 9.17) is 9.47 Å². The van der Waals surface area contributed by atoms with E-state index in [1.54, 1.807) is 0 Å². The van der Waals surface area contributed by atoms with Crippen molar-refractivity contribution >= 4 is 15.9 Å². The second-order valence-corrected chi connectivity index (χ2v) is 8.15. The van der Waals surface area contributed by atoms with Gasteiger partial charge in [0.1, 0.15) is 0 Å². The summed E-state index contributed by atoms with van der Waals surface area (Å²) in [7, 11) is -0.562. The van der Waals surface area contributed by atoms with Gasteiger partial charge >= 0.3 is 0 Å². The van der Waals surface area contributed by atoms with Crippen molar-refractivity contribution in [2.24, 2.45) is 0 Å². The first kappa shape index (κ1) is 18.9. The van der Waals surface area contributed by atoms with Gasteiger partial charge in [0.25, 0.3) is 5.91 Å². The lowest BCUT2D eigenvalue weighted by atomic mass is 10.2. The minimum atomic E-state index is -3.49. The lowest BCUT2D eigenvalue weighted by Gasteiger charge is -2.33. The normalized spacial score (nSPS) is 17.7. The van der Waals surface area contributed by atoms with Crippen LogP contribution in [0.2, 0.25) is 0 Å². The molecule has 0 aliphatic carbocycles. The number of benzene rings is 1. The summed E-state index contributed by atoms with van der Waals surface area (Å²) < 4.78 is 36.3. The molecule has 0 aromatic heterocycles. The van der Waals surface area contributed by atoms with Gasteiger partial charge in [-0.15, -0.1) is 0 Å². The molecular formula is C16H24N2O5S. The minimum absolute atomic E-state index is 0.153. The van der Waals surface area contributed by atoms with Crippen LogP contribution in [0.4, 0.5) is 0 Å². The number of hydrogen-bond donors (Lipinski definition) is 1. The van der Waals surface area contributed by atoms with E-state index in [9.17, 15) is 13.2 Å². The van der Waals surface area contributed by atoms with Gasteiger partial charge in [0.05, 0.1) is 18.1 Å². The Hall–Kier alpha value is -1.48. The molecule has 1 heterocycles. The first-order chi connectivity index (χ1) is 11.2. The molecule has 134 valence electrons. The molecule has 2 rings (SSSR count). The maximum atomic E-state index is 12.1. The monoisotopic (exact) mass is 356 g/mol. The van der Waals surface area contributed by atoms with Crippen molar-refractivity contribution in [3.8, 4) is 0 Å². The average Bonchev–Trinajstić information content (AvgIpc) is 2.55. The van der Waals surface area contributed by atoms with Crippen molar-refractivity contribution in [2.45, 2.75) is 30.4 Å². The molecule has 0 bridgehead atoms. The molecule has 1 amide bonds. The number of carbonyl (C=O) groups is 1. The summed E-state index contributed by atoms with van der Waals surface area (Å²) in [4.78, 5) is 12.3. The first-order valence-electron chi connectivity index (χ1n) is 7.83. The summed E-state index contributed by atoms with van der Waals surface area (Å²) in [5, 5.41) is 2.79. The predicted molar refractivity (Wildman–Crippen MR) is 89.2 cm³/mol. The highest BCUT2D eigenvalue weighted by Gasteiger charge is 2.28. The van der Waals surface area contributed by atoms with Gasteiger partial charge in [0.2, 0.25) is 10.0 Å². The summed E-state index contributed by atoms with van der Waals surface area (Å²) in [6.45, 7) is 3.59. The molecule has 1 aromatic carbocycles. The van der Waals surface area contributed by atoms with Gasteiger partial charge in [0.15, 0.2) is 5.79 Å². The summed E-state index contributed by atoms with van der Waals surface area (Å²) in [5.74, 6) is -0.918. The van der Waals surface area contributed by atoms with Crippen LogP contribution < -0.4 is 5.32 Å². The van der Waals surface area contributed by atoms with Gasteiger partial charge in [-0.1, -0.05) is 0 Å². The molecule has 0 unspecified atom stereocenters. The molecule has 0 saturated carbocycles. The molecule has 8 heteroatoms. The topological polar surface area (TPSA) is 84.9 Å². The second kappa shape index (κ2) is 7.60. The van der Waals surface area contributed by atoms with Crippen molar-refractivity contribution in [1.82, 2.24) is 9.62 Å². The van der Waals surface area contributed by atoms with Crippen LogP contribution in [0.25, 0.3) is 0 Å². The average molecular weight is 356 g/mol. The molecule has 1 aromatic rings. The van der Waals surface area contributed by atoms with Crippen molar-refractivity contribution in [3.05, 3.63) is 29.8 Å². The predicted octanol–water partition coefficient (Wildman–Crippen LogP) is 1.21. The maximum absolute atomic E-state index is 12.1. The van der Waals surface area contributed by atoms with Crippen LogP contribution in [0.1, 0.15) is 30.1 Å². The molecule has 0 spiro atoms. The Bertz CT molecular complexity index is 664. The molecule has 1 saturated heterocycles. The van der Waals surface area contributed by atoms with Gasteiger partial charge in [-0.2, -0.15) is 0 Å². The number of carbonyl (C=O) groups excluding carboxylic acids is 1. The first-order valence-corrected chi connectivity index (χ1v) is 9.27. The lowest BCUT2D eigenvalue weighted by molar-refractivity contribution is -0.257. The number of hydrogen-bond acceptors (Lipinski definition) is 5. The number of rotatable bonds is 6. The Morgan fingerprint density at radius 3 is 2.33 bits per heavy atom. The van der Waals surface area contributed by atoms with Gasteiger partial charge in [-0.25, -0.2) is 12.7 Å². The Kier molecular flexibility index (Phi) is 5.97. The number of nitrogens with one attached hydrogen (secondary N) is 1. The van der Waals surface area contributed by atoms with Crippen LogP contribution in [0.15, 0.2) is 29.2 Å². The fraction of sp³-hybridized carbons (Fsp3) is 0.562. The van der Waals surface area contributed by atoms with Crippen molar-refractivity contribution in [1.29, 1.82) is 0 Å². The Morgan fingerprint density at radius 1 is 1.21 bits per heavy atom. The lowest BCUT2D eigenvalue weighted by Crippen LogP contribution is -2.40. The molecule has 1 aliphatic rings. The van der Waals surface area contributed by atoms with E-state index in [1.807, 2.05) is 6.92 Å². The third-order valence-electron chi connectivity index (χ3n) is 3.86. The molecule has 0 radical (unpaired) electrons. The summed E-state index contributed by atoms with van der Waals surface area (Å²) in [6.07, 6.45) is 1.43. The zero-order valence-electron chi connectivity index (χ0n) is 14.2. The smallest absolute Gasteiger partial charge is 0.251 e. The number of nitrogens with zero attached hydrogens (tertiary/aromatic N) is 1. The number of amides is 1. The SMILES string of the molecule is CN(C)S(=O)(=O)c1ccc(C(=O)NCCC2(C)OCCCO2)cc1. The second-order valence-electron chi connectivity index (χ2n) is 6.00. The van der Waals surface area contributed by atoms with Crippen molar-refractivity contribution in [2.75, 3.05) is 33.9 Å². The van der Waals surface area contributed by atoms with E-state index in [-0.39, 0.29) is 10.8 Å². The molecule has 1 N–H and O–H groups in total. The standard InChI is InChI=1S/C16H24N2O5S/c1-16(22-11-4-12-23-16)9-10-17-15(19)13-5-7-14(8-6-13)24(20,21)18(2)3/h5-8H,4,9-12H2,1-3H3,(H,17,19). The van der Waals surface area contributed by atoms with Crippen molar-refractivity contribution in [3.63, 3.8) is 0 Å². The molecule has 0 atom stereocenters. The van der Waals surface area contributed by atoms with E-state index in [0.29, 0.717) is 31.7 Å². The van der Waals surface area contributed by atoms with E-state index < -0.39 is 15.8 Å². The molecule has 1 aliphatic heterocycles. The van der Waals surface area contributed by atoms with E-state index in [2.05, 4.69) is 5.32 Å². The van der Waals surface area contributed by atoms with Crippen LogP contribution in [0, 0.1) is 0 Å². The highest BCUT2D eigenvalue weighted by atomic mass is 32.2. The van der Waals surface area contributed by atoms with Crippen LogP contribution in [-0.4, -0.2) is 58.3 Å².